The maximum absolute atomic E-state index is 12.5. The van der Waals surface area contributed by atoms with Gasteiger partial charge in [0.2, 0.25) is 5.91 Å². The number of fused-ring (bicyclic) bond motifs is 1. The maximum Gasteiger partial charge on any atom is 0.234 e. The largest absolute Gasteiger partial charge is 0.494 e. The topological polar surface area (TPSA) is 41.6 Å². The van der Waals surface area contributed by atoms with Crippen molar-refractivity contribution < 1.29 is 9.53 Å². The van der Waals surface area contributed by atoms with E-state index in [1.54, 1.807) is 0 Å². The number of nitrogens with zero attached hydrogens (tertiary/aromatic N) is 1. The predicted octanol–water partition coefficient (Wildman–Crippen LogP) is 4.55. The Morgan fingerprint density at radius 1 is 1.04 bits per heavy atom. The van der Waals surface area contributed by atoms with Gasteiger partial charge in [0.05, 0.1) is 19.2 Å². The summed E-state index contributed by atoms with van der Waals surface area (Å²) in [5.41, 5.74) is 2.27. The van der Waals surface area contributed by atoms with Gasteiger partial charge in [-0.1, -0.05) is 48.5 Å². The summed E-state index contributed by atoms with van der Waals surface area (Å²) < 4.78 is 5.47. The number of amides is 1. The second-order valence-electron chi connectivity index (χ2n) is 7.15. The summed E-state index contributed by atoms with van der Waals surface area (Å²) in [6.45, 7) is 5.72. The summed E-state index contributed by atoms with van der Waals surface area (Å²) in [6.07, 6.45) is 0. The van der Waals surface area contributed by atoms with Gasteiger partial charge >= 0.3 is 0 Å². The van der Waals surface area contributed by atoms with Crippen LogP contribution in [0.15, 0.2) is 66.7 Å². The normalized spacial score (nSPS) is 12.1. The van der Waals surface area contributed by atoms with Crippen LogP contribution >= 0.6 is 0 Å². The SMILES string of the molecule is CCOc1ccc(CN(C)CC(=O)NC(C)c2ccc3ccccc3c2)cc1. The van der Waals surface area contributed by atoms with Gasteiger partial charge in [-0.2, -0.15) is 0 Å². The van der Waals surface area contributed by atoms with E-state index in [1.807, 2.05) is 62.2 Å². The van der Waals surface area contributed by atoms with Crippen LogP contribution < -0.4 is 10.1 Å². The number of ether oxygens (including phenoxy) is 1. The third-order valence-corrected chi connectivity index (χ3v) is 4.75. The van der Waals surface area contributed by atoms with Crippen LogP contribution in [0.1, 0.15) is 31.0 Å². The Bertz CT molecular complexity index is 921. The predicted molar refractivity (Wildman–Crippen MR) is 114 cm³/mol. The minimum Gasteiger partial charge on any atom is -0.494 e. The zero-order valence-electron chi connectivity index (χ0n) is 16.8. The number of rotatable bonds is 8. The molecule has 3 aromatic carbocycles. The molecule has 0 bridgehead atoms. The van der Waals surface area contributed by atoms with Crippen LogP contribution in [0.4, 0.5) is 0 Å². The number of hydrogen-bond acceptors (Lipinski definition) is 3. The highest BCUT2D eigenvalue weighted by molar-refractivity contribution is 5.83. The first-order valence-corrected chi connectivity index (χ1v) is 9.73. The Labute approximate surface area is 167 Å². The first kappa shape index (κ1) is 19.9. The van der Waals surface area contributed by atoms with E-state index in [0.29, 0.717) is 19.7 Å². The highest BCUT2D eigenvalue weighted by atomic mass is 16.5. The fraction of sp³-hybridized carbons (Fsp3) is 0.292. The first-order chi connectivity index (χ1) is 13.5. The first-order valence-electron chi connectivity index (χ1n) is 9.73. The lowest BCUT2D eigenvalue weighted by molar-refractivity contribution is -0.122. The molecule has 1 N–H and O–H groups in total. The molecule has 0 radical (unpaired) electrons. The lowest BCUT2D eigenvalue weighted by Crippen LogP contribution is -2.36. The molecular formula is C24H28N2O2. The molecule has 0 saturated carbocycles. The zero-order chi connectivity index (χ0) is 19.9. The summed E-state index contributed by atoms with van der Waals surface area (Å²) in [5, 5.41) is 5.50. The molecule has 0 spiro atoms. The molecule has 0 aliphatic rings. The zero-order valence-corrected chi connectivity index (χ0v) is 16.8. The van der Waals surface area contributed by atoms with Gasteiger partial charge in [0, 0.05) is 6.54 Å². The van der Waals surface area contributed by atoms with Crippen LogP contribution in [0.25, 0.3) is 10.8 Å². The maximum atomic E-state index is 12.5. The lowest BCUT2D eigenvalue weighted by atomic mass is 10.0. The van der Waals surface area contributed by atoms with Gasteiger partial charge in [0.25, 0.3) is 0 Å². The number of benzene rings is 3. The molecule has 0 fully saturated rings. The minimum atomic E-state index is -0.0315. The highest BCUT2D eigenvalue weighted by Gasteiger charge is 2.12. The highest BCUT2D eigenvalue weighted by Crippen LogP contribution is 2.20. The third-order valence-electron chi connectivity index (χ3n) is 4.75. The van der Waals surface area contributed by atoms with E-state index in [1.165, 1.54) is 10.8 Å². The number of nitrogens with one attached hydrogen (secondary N) is 1. The molecule has 28 heavy (non-hydrogen) atoms. The van der Waals surface area contributed by atoms with Gasteiger partial charge in [-0.3, -0.25) is 9.69 Å². The average Bonchev–Trinajstić information content (AvgIpc) is 2.69. The molecule has 1 unspecified atom stereocenters. The van der Waals surface area contributed by atoms with Gasteiger partial charge in [-0.15, -0.1) is 0 Å². The van der Waals surface area contributed by atoms with Crippen LogP contribution in [-0.2, 0) is 11.3 Å². The van der Waals surface area contributed by atoms with E-state index >= 15 is 0 Å². The van der Waals surface area contributed by atoms with Crippen molar-refractivity contribution in [2.75, 3.05) is 20.2 Å². The van der Waals surface area contributed by atoms with E-state index < -0.39 is 0 Å². The minimum absolute atomic E-state index is 0.0223. The summed E-state index contributed by atoms with van der Waals surface area (Å²) in [7, 11) is 1.96. The molecule has 3 rings (SSSR count). The van der Waals surface area contributed by atoms with Gasteiger partial charge in [-0.05, 0) is 61.0 Å². The fourth-order valence-corrected chi connectivity index (χ4v) is 3.32. The molecule has 0 heterocycles. The van der Waals surface area contributed by atoms with Crippen molar-refractivity contribution in [1.29, 1.82) is 0 Å². The Morgan fingerprint density at radius 3 is 2.46 bits per heavy atom. The molecule has 0 saturated heterocycles. The second-order valence-corrected chi connectivity index (χ2v) is 7.15. The molecule has 4 nitrogen and oxygen atoms in total. The van der Waals surface area contributed by atoms with Gasteiger partial charge in [0.15, 0.2) is 0 Å². The number of carbonyl (C=O) groups is 1. The standard InChI is InChI=1S/C24H28N2O2/c1-4-28-23-13-9-19(10-14-23)16-26(3)17-24(27)25-18(2)21-12-11-20-7-5-6-8-22(20)15-21/h5-15,18H,4,16-17H2,1-3H3,(H,25,27). The van der Waals surface area contributed by atoms with Gasteiger partial charge < -0.3 is 10.1 Å². The molecule has 0 aromatic heterocycles. The quantitative estimate of drug-likeness (QED) is 0.627. The monoisotopic (exact) mass is 376 g/mol. The van der Waals surface area contributed by atoms with Crippen LogP contribution in [0.5, 0.6) is 5.75 Å². The van der Waals surface area contributed by atoms with E-state index in [-0.39, 0.29) is 11.9 Å². The molecule has 0 aliphatic heterocycles. The average molecular weight is 377 g/mol. The molecule has 146 valence electrons. The van der Waals surface area contributed by atoms with Crippen molar-refractivity contribution in [1.82, 2.24) is 10.2 Å². The Kier molecular flexibility index (Phi) is 6.66. The van der Waals surface area contributed by atoms with Crippen molar-refractivity contribution in [3.63, 3.8) is 0 Å². The molecule has 0 aliphatic carbocycles. The number of carbonyl (C=O) groups excluding carboxylic acids is 1. The third kappa shape index (κ3) is 5.33. The molecular weight excluding hydrogens is 348 g/mol. The molecule has 1 atom stereocenters. The van der Waals surface area contributed by atoms with E-state index in [2.05, 4.69) is 35.6 Å². The van der Waals surface area contributed by atoms with Crippen molar-refractivity contribution in [3.8, 4) is 5.75 Å². The van der Waals surface area contributed by atoms with Crippen molar-refractivity contribution in [2.24, 2.45) is 0 Å². The molecule has 3 aromatic rings. The second kappa shape index (κ2) is 9.38. The van der Waals surface area contributed by atoms with Crippen molar-refractivity contribution in [3.05, 3.63) is 77.9 Å². The lowest BCUT2D eigenvalue weighted by Gasteiger charge is -2.20. The van der Waals surface area contributed by atoms with Crippen LogP contribution in [-0.4, -0.2) is 31.0 Å². The smallest absolute Gasteiger partial charge is 0.234 e. The van der Waals surface area contributed by atoms with Gasteiger partial charge in [-0.25, -0.2) is 0 Å². The summed E-state index contributed by atoms with van der Waals surface area (Å²) in [5.74, 6) is 0.893. The number of hydrogen-bond donors (Lipinski definition) is 1. The van der Waals surface area contributed by atoms with Crippen molar-refractivity contribution in [2.45, 2.75) is 26.4 Å². The summed E-state index contributed by atoms with van der Waals surface area (Å²) in [6, 6.07) is 22.6. The van der Waals surface area contributed by atoms with E-state index in [4.69, 9.17) is 4.74 Å². The van der Waals surface area contributed by atoms with E-state index in [9.17, 15) is 4.79 Å². The van der Waals surface area contributed by atoms with Crippen molar-refractivity contribution >= 4 is 16.7 Å². The molecule has 1 amide bonds. The van der Waals surface area contributed by atoms with Crippen LogP contribution in [0.3, 0.4) is 0 Å². The Hall–Kier alpha value is -2.85. The van der Waals surface area contributed by atoms with Crippen LogP contribution in [0.2, 0.25) is 0 Å². The van der Waals surface area contributed by atoms with Crippen LogP contribution in [0, 0.1) is 0 Å². The fourth-order valence-electron chi connectivity index (χ4n) is 3.32. The summed E-state index contributed by atoms with van der Waals surface area (Å²) >= 11 is 0. The Morgan fingerprint density at radius 2 is 1.75 bits per heavy atom. The van der Waals surface area contributed by atoms with E-state index in [0.717, 1.165) is 16.9 Å². The van der Waals surface area contributed by atoms with Gasteiger partial charge in [0.1, 0.15) is 5.75 Å². The number of likely N-dealkylation sites (N-methyl/N-ethyl adjacent to an activating group) is 1. The molecule has 4 heteroatoms. The summed E-state index contributed by atoms with van der Waals surface area (Å²) in [4.78, 5) is 14.5. The Balaban J connectivity index is 1.53.